The lowest BCUT2D eigenvalue weighted by atomic mass is 10.2. The minimum atomic E-state index is -0.301. The van der Waals surface area contributed by atoms with Gasteiger partial charge in [0.15, 0.2) is 5.75 Å². The number of aromatic nitrogens is 4. The summed E-state index contributed by atoms with van der Waals surface area (Å²) in [6.45, 7) is 1.06. The van der Waals surface area contributed by atoms with Crippen LogP contribution in [0.4, 0.5) is 8.78 Å². The molecule has 0 fully saturated rings. The summed E-state index contributed by atoms with van der Waals surface area (Å²) in [5.74, 6) is -0.217. The molecule has 6 rings (SSSR count). The molecule has 0 saturated heterocycles. The number of ether oxygens (including phenoxy) is 1. The lowest BCUT2D eigenvalue weighted by Crippen LogP contribution is -2.24. The SMILES string of the molecule is O=c1c(Br)c(Br)cnn1Cc1ccccc1.O=c1c(Br)c(OCc2ccc(F)cc2)cnn1Cc1ccccc1.OCc1ccc(F)cc1. The van der Waals surface area contributed by atoms with Crippen molar-refractivity contribution < 1.29 is 18.6 Å². The minimum Gasteiger partial charge on any atom is -0.486 e. The molecule has 0 aliphatic heterocycles. The van der Waals surface area contributed by atoms with Crippen molar-refractivity contribution in [2.45, 2.75) is 26.3 Å². The molecule has 0 amide bonds. The van der Waals surface area contributed by atoms with Gasteiger partial charge >= 0.3 is 0 Å². The maximum absolute atomic E-state index is 12.9. The third-order valence-corrected chi connectivity index (χ3v) is 9.28. The summed E-state index contributed by atoms with van der Waals surface area (Å²) in [4.78, 5) is 24.2. The number of hydrogen-bond acceptors (Lipinski definition) is 6. The number of halogens is 5. The van der Waals surface area contributed by atoms with E-state index in [0.29, 0.717) is 32.3 Å². The topological polar surface area (TPSA) is 99.2 Å². The Bertz CT molecular complexity index is 2050. The second kappa shape index (κ2) is 19.0. The number of nitrogens with zero attached hydrogens (tertiary/aromatic N) is 4. The molecule has 1 N–H and O–H groups in total. The molecule has 0 saturated carbocycles. The van der Waals surface area contributed by atoms with Gasteiger partial charge in [0.25, 0.3) is 11.1 Å². The standard InChI is InChI=1S/C18H14BrFN2O2.C11H8Br2N2O.C7H7FO/c19-17-16(24-12-14-6-8-15(20)9-7-14)10-21-22(18(17)23)11-13-4-2-1-3-5-13;12-9-6-14-15(11(16)10(9)13)7-8-4-2-1-3-5-8;8-7-3-1-6(5-9)2-4-7/h1-10H,11-12H2;1-6H,7H2;1-4,9H,5H2. The molecule has 0 spiro atoms. The highest BCUT2D eigenvalue weighted by atomic mass is 79.9. The Balaban J connectivity index is 0.000000185. The molecular formula is C36H29Br3F2N4O4. The number of aliphatic hydroxyl groups is 1. The lowest BCUT2D eigenvalue weighted by molar-refractivity contribution is 0.281. The van der Waals surface area contributed by atoms with E-state index in [0.717, 1.165) is 22.3 Å². The van der Waals surface area contributed by atoms with Crippen LogP contribution >= 0.6 is 47.8 Å². The number of hydrogen-bond donors (Lipinski definition) is 1. The second-order valence-electron chi connectivity index (χ2n) is 10.2. The van der Waals surface area contributed by atoms with Crippen molar-refractivity contribution in [2.24, 2.45) is 0 Å². The third kappa shape index (κ3) is 11.7. The molecule has 0 aliphatic rings. The van der Waals surface area contributed by atoms with Gasteiger partial charge < -0.3 is 9.84 Å². The van der Waals surface area contributed by atoms with Gasteiger partial charge in [-0.3, -0.25) is 9.59 Å². The molecule has 0 unspecified atom stereocenters. The van der Waals surface area contributed by atoms with Gasteiger partial charge in [0.2, 0.25) is 0 Å². The lowest BCUT2D eigenvalue weighted by Gasteiger charge is -2.10. The molecule has 6 aromatic rings. The van der Waals surface area contributed by atoms with E-state index in [-0.39, 0.29) is 36.0 Å². The van der Waals surface area contributed by atoms with Gasteiger partial charge in [-0.2, -0.15) is 10.2 Å². The highest BCUT2D eigenvalue weighted by molar-refractivity contribution is 9.13. The molecule has 0 atom stereocenters. The third-order valence-electron chi connectivity index (χ3n) is 6.65. The Morgan fingerprint density at radius 3 is 1.53 bits per heavy atom. The zero-order valence-corrected chi connectivity index (χ0v) is 30.5. The Kier molecular flexibility index (Phi) is 14.6. The van der Waals surface area contributed by atoms with Gasteiger partial charge in [0, 0.05) is 0 Å². The van der Waals surface area contributed by atoms with Crippen molar-refractivity contribution in [1.29, 1.82) is 0 Å². The van der Waals surface area contributed by atoms with Crippen LogP contribution in [-0.4, -0.2) is 24.7 Å². The van der Waals surface area contributed by atoms with Crippen LogP contribution in [0.1, 0.15) is 22.3 Å². The molecule has 252 valence electrons. The second-order valence-corrected chi connectivity index (χ2v) is 12.7. The number of benzene rings is 4. The summed E-state index contributed by atoms with van der Waals surface area (Å²) in [5, 5.41) is 16.7. The van der Waals surface area contributed by atoms with Crippen LogP contribution < -0.4 is 15.9 Å². The molecule has 13 heteroatoms. The zero-order chi connectivity index (χ0) is 35.2. The Labute approximate surface area is 306 Å². The quantitative estimate of drug-likeness (QED) is 0.167. The minimum absolute atomic E-state index is 0.0275. The molecular weight excluding hydrogens is 830 g/mol. The highest BCUT2D eigenvalue weighted by Crippen LogP contribution is 2.21. The smallest absolute Gasteiger partial charge is 0.285 e. The highest BCUT2D eigenvalue weighted by Gasteiger charge is 2.11. The van der Waals surface area contributed by atoms with E-state index in [2.05, 4.69) is 58.0 Å². The van der Waals surface area contributed by atoms with E-state index in [1.807, 2.05) is 60.7 Å². The molecule has 49 heavy (non-hydrogen) atoms. The Morgan fingerprint density at radius 2 is 1.04 bits per heavy atom. The van der Waals surface area contributed by atoms with E-state index in [1.54, 1.807) is 30.5 Å². The summed E-state index contributed by atoms with van der Waals surface area (Å²) < 4.78 is 34.9. The molecule has 0 aliphatic carbocycles. The van der Waals surface area contributed by atoms with Crippen LogP contribution in [0.5, 0.6) is 5.75 Å². The first-order valence-corrected chi connectivity index (χ1v) is 17.0. The van der Waals surface area contributed by atoms with Gasteiger partial charge in [-0.05, 0) is 94.3 Å². The van der Waals surface area contributed by atoms with Crippen LogP contribution in [0.3, 0.4) is 0 Å². The fourth-order valence-electron chi connectivity index (χ4n) is 4.07. The van der Waals surface area contributed by atoms with E-state index in [4.69, 9.17) is 9.84 Å². The normalized spacial score (nSPS) is 10.3. The van der Waals surface area contributed by atoms with Crippen LogP contribution in [0.15, 0.2) is 145 Å². The molecule has 2 heterocycles. The van der Waals surface area contributed by atoms with Crippen LogP contribution in [-0.2, 0) is 26.3 Å². The Hall–Kier alpha value is -4.30. The van der Waals surface area contributed by atoms with Crippen molar-refractivity contribution in [3.63, 3.8) is 0 Å². The number of aliphatic hydroxyl groups excluding tert-OH is 1. The molecule has 8 nitrogen and oxygen atoms in total. The predicted octanol–water partition coefficient (Wildman–Crippen LogP) is 7.91. The summed E-state index contributed by atoms with van der Waals surface area (Å²) in [6, 6.07) is 31.1. The average Bonchev–Trinajstić information content (AvgIpc) is 3.13. The Morgan fingerprint density at radius 1 is 0.592 bits per heavy atom. The molecule has 4 aromatic carbocycles. The number of rotatable bonds is 8. The van der Waals surface area contributed by atoms with E-state index >= 15 is 0 Å². The van der Waals surface area contributed by atoms with Crippen molar-refractivity contribution in [2.75, 3.05) is 0 Å². The van der Waals surface area contributed by atoms with E-state index in [1.165, 1.54) is 39.8 Å². The van der Waals surface area contributed by atoms with Gasteiger partial charge in [0.1, 0.15) is 27.2 Å². The zero-order valence-electron chi connectivity index (χ0n) is 25.7. The fourth-order valence-corrected chi connectivity index (χ4v) is 5.05. The van der Waals surface area contributed by atoms with Crippen LogP contribution in [0, 0.1) is 11.6 Å². The van der Waals surface area contributed by atoms with Gasteiger partial charge in [0.05, 0.1) is 36.6 Å². The van der Waals surface area contributed by atoms with Crippen LogP contribution in [0.25, 0.3) is 0 Å². The van der Waals surface area contributed by atoms with Crippen molar-refractivity contribution in [3.8, 4) is 5.75 Å². The maximum atomic E-state index is 12.9. The van der Waals surface area contributed by atoms with Crippen molar-refractivity contribution in [1.82, 2.24) is 19.6 Å². The predicted molar refractivity (Wildman–Crippen MR) is 194 cm³/mol. The fraction of sp³-hybridized carbons (Fsp3) is 0.111. The summed E-state index contributed by atoms with van der Waals surface area (Å²) in [6.07, 6.45) is 3.10. The maximum Gasteiger partial charge on any atom is 0.285 e. The van der Waals surface area contributed by atoms with E-state index < -0.39 is 0 Å². The van der Waals surface area contributed by atoms with E-state index in [9.17, 15) is 18.4 Å². The molecule has 0 radical (unpaired) electrons. The van der Waals surface area contributed by atoms with Gasteiger partial charge in [-0.15, -0.1) is 0 Å². The first-order valence-electron chi connectivity index (χ1n) is 14.6. The van der Waals surface area contributed by atoms with Crippen LogP contribution in [0.2, 0.25) is 0 Å². The first-order chi connectivity index (χ1) is 23.6. The monoisotopic (exact) mass is 856 g/mol. The average molecular weight is 859 g/mol. The summed E-state index contributed by atoms with van der Waals surface area (Å²) >= 11 is 9.74. The largest absolute Gasteiger partial charge is 0.486 e. The first kappa shape index (κ1) is 37.5. The van der Waals surface area contributed by atoms with Crippen molar-refractivity contribution >= 4 is 47.8 Å². The van der Waals surface area contributed by atoms with Crippen molar-refractivity contribution in [3.05, 3.63) is 190 Å². The van der Waals surface area contributed by atoms with Gasteiger partial charge in [-0.1, -0.05) is 84.9 Å². The summed E-state index contributed by atoms with van der Waals surface area (Å²) in [7, 11) is 0. The molecule has 2 aromatic heterocycles. The summed E-state index contributed by atoms with van der Waals surface area (Å²) in [5.41, 5.74) is 3.16. The van der Waals surface area contributed by atoms with Gasteiger partial charge in [-0.25, -0.2) is 18.1 Å². The molecule has 0 bridgehead atoms.